The third kappa shape index (κ3) is 2.15. The molecule has 0 bridgehead atoms. The van der Waals surface area contributed by atoms with Gasteiger partial charge in [-0.15, -0.1) is 0 Å². The number of Topliss-reactive ketones (excluding diaryl/α,β-unsaturated/α-hetero) is 1. The molecule has 0 saturated carbocycles. The average molecular weight is 337 g/mol. The standard InChI is InChI=1S/C24H19NO/c1-16-18-12-7-13-22-23(18)21(19-10-5-6-11-20(19)24(16)26)15-25(22)14-17-8-3-2-4-9-17/h2-13,15-16H,14H2,1H3. The lowest BCUT2D eigenvalue weighted by Gasteiger charge is -2.12. The summed E-state index contributed by atoms with van der Waals surface area (Å²) in [6, 6.07) is 24.9. The molecule has 0 aliphatic heterocycles. The molecule has 4 aromatic rings. The molecule has 1 heterocycles. The van der Waals surface area contributed by atoms with Gasteiger partial charge in [0.1, 0.15) is 0 Å². The van der Waals surface area contributed by atoms with Crippen molar-refractivity contribution < 1.29 is 4.79 Å². The van der Waals surface area contributed by atoms with Crippen LogP contribution >= 0.6 is 0 Å². The second-order valence-electron chi connectivity index (χ2n) is 7.03. The summed E-state index contributed by atoms with van der Waals surface area (Å²) in [6.07, 6.45) is 2.21. The van der Waals surface area contributed by atoms with Gasteiger partial charge in [-0.25, -0.2) is 0 Å². The summed E-state index contributed by atoms with van der Waals surface area (Å²) in [6.45, 7) is 2.85. The highest BCUT2D eigenvalue weighted by molar-refractivity contribution is 6.14. The van der Waals surface area contributed by atoms with Crippen LogP contribution in [0.2, 0.25) is 0 Å². The largest absolute Gasteiger partial charge is 0.342 e. The van der Waals surface area contributed by atoms with Gasteiger partial charge in [-0.05, 0) is 22.8 Å². The Balaban J connectivity index is 1.80. The molecule has 0 amide bonds. The molecule has 0 saturated heterocycles. The first-order valence-electron chi connectivity index (χ1n) is 9.03. The second kappa shape index (κ2) is 5.70. The molecular formula is C24H19NO. The van der Waals surface area contributed by atoms with Gasteiger partial charge in [-0.2, -0.15) is 0 Å². The highest BCUT2D eigenvalue weighted by Crippen LogP contribution is 2.42. The quantitative estimate of drug-likeness (QED) is 0.463. The summed E-state index contributed by atoms with van der Waals surface area (Å²) in [5, 5.41) is 1.22. The van der Waals surface area contributed by atoms with E-state index in [9.17, 15) is 4.79 Å². The third-order valence-corrected chi connectivity index (χ3v) is 5.48. The molecule has 3 aromatic carbocycles. The topological polar surface area (TPSA) is 22.0 Å². The fourth-order valence-electron chi connectivity index (χ4n) is 4.16. The van der Waals surface area contributed by atoms with Gasteiger partial charge in [0.25, 0.3) is 0 Å². The van der Waals surface area contributed by atoms with Crippen LogP contribution in [0.5, 0.6) is 0 Å². The van der Waals surface area contributed by atoms with Crippen LogP contribution in [0.3, 0.4) is 0 Å². The molecular weight excluding hydrogens is 318 g/mol. The number of ketones is 1. The average Bonchev–Trinajstić information content (AvgIpc) is 3.02. The van der Waals surface area contributed by atoms with Crippen LogP contribution in [0, 0.1) is 0 Å². The molecule has 1 unspecified atom stereocenters. The predicted octanol–water partition coefficient (Wildman–Crippen LogP) is 5.66. The molecule has 0 radical (unpaired) electrons. The van der Waals surface area contributed by atoms with E-state index in [1.165, 1.54) is 22.0 Å². The summed E-state index contributed by atoms with van der Waals surface area (Å²) in [5.74, 6) is 0.0765. The van der Waals surface area contributed by atoms with E-state index in [0.29, 0.717) is 0 Å². The Bertz CT molecular complexity index is 1140. The Labute approximate surface area is 152 Å². The highest BCUT2D eigenvalue weighted by Gasteiger charge is 2.28. The van der Waals surface area contributed by atoms with Gasteiger partial charge in [-0.3, -0.25) is 4.79 Å². The molecule has 1 aliphatic carbocycles. The van der Waals surface area contributed by atoms with Crippen molar-refractivity contribution in [3.05, 3.63) is 95.7 Å². The van der Waals surface area contributed by atoms with Crippen LogP contribution in [0.4, 0.5) is 0 Å². The third-order valence-electron chi connectivity index (χ3n) is 5.48. The maximum atomic E-state index is 13.0. The van der Waals surface area contributed by atoms with Crippen molar-refractivity contribution in [2.24, 2.45) is 0 Å². The zero-order valence-electron chi connectivity index (χ0n) is 14.6. The van der Waals surface area contributed by atoms with Crippen molar-refractivity contribution in [1.29, 1.82) is 0 Å². The zero-order chi connectivity index (χ0) is 17.7. The van der Waals surface area contributed by atoms with E-state index in [0.717, 1.165) is 23.2 Å². The van der Waals surface area contributed by atoms with Crippen molar-refractivity contribution in [2.45, 2.75) is 19.4 Å². The molecule has 26 heavy (non-hydrogen) atoms. The van der Waals surface area contributed by atoms with Gasteiger partial charge in [0.15, 0.2) is 5.78 Å². The smallest absolute Gasteiger partial charge is 0.170 e. The van der Waals surface area contributed by atoms with Gasteiger partial charge in [0.05, 0.1) is 0 Å². The van der Waals surface area contributed by atoms with Crippen LogP contribution < -0.4 is 0 Å². The Morgan fingerprint density at radius 3 is 2.35 bits per heavy atom. The summed E-state index contributed by atoms with van der Waals surface area (Å²) >= 11 is 0. The molecule has 0 spiro atoms. The number of carbonyl (C=O) groups is 1. The minimum atomic E-state index is -0.131. The van der Waals surface area contributed by atoms with Gasteiger partial charge >= 0.3 is 0 Å². The van der Waals surface area contributed by atoms with Crippen LogP contribution in [0.15, 0.2) is 79.0 Å². The van der Waals surface area contributed by atoms with Crippen molar-refractivity contribution in [1.82, 2.24) is 4.57 Å². The predicted molar refractivity (Wildman–Crippen MR) is 106 cm³/mol. The molecule has 5 rings (SSSR count). The minimum absolute atomic E-state index is 0.131. The monoisotopic (exact) mass is 337 g/mol. The number of nitrogens with zero attached hydrogens (tertiary/aromatic N) is 1. The number of hydrogen-bond acceptors (Lipinski definition) is 1. The van der Waals surface area contributed by atoms with Crippen LogP contribution in [0.1, 0.15) is 34.3 Å². The fourth-order valence-corrected chi connectivity index (χ4v) is 4.16. The Morgan fingerprint density at radius 2 is 1.54 bits per heavy atom. The number of benzene rings is 3. The lowest BCUT2D eigenvalue weighted by atomic mass is 9.92. The van der Waals surface area contributed by atoms with Crippen molar-refractivity contribution >= 4 is 16.7 Å². The first-order valence-corrected chi connectivity index (χ1v) is 9.03. The molecule has 0 N–H and O–H groups in total. The lowest BCUT2D eigenvalue weighted by molar-refractivity contribution is 0.0967. The summed E-state index contributed by atoms with van der Waals surface area (Å²) < 4.78 is 2.31. The number of hydrogen-bond donors (Lipinski definition) is 0. The molecule has 0 fully saturated rings. The van der Waals surface area contributed by atoms with Gasteiger partial charge in [-0.1, -0.05) is 73.7 Å². The number of fused-ring (bicyclic) bond motifs is 2. The van der Waals surface area contributed by atoms with Crippen LogP contribution in [-0.4, -0.2) is 10.4 Å². The molecule has 1 aromatic heterocycles. The molecule has 1 aliphatic rings. The van der Waals surface area contributed by atoms with Crippen LogP contribution in [-0.2, 0) is 6.54 Å². The maximum absolute atomic E-state index is 13.0. The first kappa shape index (κ1) is 15.2. The van der Waals surface area contributed by atoms with Crippen LogP contribution in [0.25, 0.3) is 22.0 Å². The maximum Gasteiger partial charge on any atom is 0.170 e. The second-order valence-corrected chi connectivity index (χ2v) is 7.03. The van der Waals surface area contributed by atoms with E-state index >= 15 is 0 Å². The van der Waals surface area contributed by atoms with E-state index in [4.69, 9.17) is 0 Å². The first-order chi connectivity index (χ1) is 12.7. The highest BCUT2D eigenvalue weighted by atomic mass is 16.1. The lowest BCUT2D eigenvalue weighted by Crippen LogP contribution is -2.09. The van der Waals surface area contributed by atoms with E-state index in [2.05, 4.69) is 59.3 Å². The number of carbonyl (C=O) groups excluding carboxylic acids is 1. The Hall–Kier alpha value is -3.13. The summed E-state index contributed by atoms with van der Waals surface area (Å²) in [4.78, 5) is 13.0. The Morgan fingerprint density at radius 1 is 0.808 bits per heavy atom. The van der Waals surface area contributed by atoms with Gasteiger partial charge in [0, 0.05) is 40.7 Å². The van der Waals surface area contributed by atoms with Crippen molar-refractivity contribution in [2.75, 3.05) is 0 Å². The fraction of sp³-hybridized carbons (Fsp3) is 0.125. The summed E-state index contributed by atoms with van der Waals surface area (Å²) in [5.41, 5.74) is 6.64. The molecule has 126 valence electrons. The minimum Gasteiger partial charge on any atom is -0.342 e. The summed E-state index contributed by atoms with van der Waals surface area (Å²) in [7, 11) is 0. The van der Waals surface area contributed by atoms with Crippen molar-refractivity contribution in [3.8, 4) is 11.1 Å². The molecule has 1 atom stereocenters. The van der Waals surface area contributed by atoms with E-state index in [1.807, 2.05) is 31.2 Å². The molecule has 2 nitrogen and oxygen atoms in total. The molecule has 2 heteroatoms. The normalized spacial score (nSPS) is 15.7. The van der Waals surface area contributed by atoms with Gasteiger partial charge in [0.2, 0.25) is 0 Å². The van der Waals surface area contributed by atoms with Gasteiger partial charge < -0.3 is 4.57 Å². The number of rotatable bonds is 2. The Kier molecular flexibility index (Phi) is 3.32. The van der Waals surface area contributed by atoms with E-state index < -0.39 is 0 Å². The SMILES string of the molecule is CC1C(=O)c2ccccc2-c2cn(Cc3ccccc3)c3cccc1c23. The van der Waals surface area contributed by atoms with E-state index in [-0.39, 0.29) is 11.7 Å². The van der Waals surface area contributed by atoms with E-state index in [1.54, 1.807) is 0 Å². The number of aromatic nitrogens is 1. The van der Waals surface area contributed by atoms with Crippen molar-refractivity contribution in [3.63, 3.8) is 0 Å². The zero-order valence-corrected chi connectivity index (χ0v) is 14.6.